The summed E-state index contributed by atoms with van der Waals surface area (Å²) in [4.78, 5) is 30.9. The molecule has 0 aliphatic heterocycles. The fourth-order valence-corrected chi connectivity index (χ4v) is 3.47. The highest BCUT2D eigenvalue weighted by Crippen LogP contribution is 2.29. The van der Waals surface area contributed by atoms with E-state index in [1.54, 1.807) is 13.0 Å². The monoisotopic (exact) mass is 429 g/mol. The van der Waals surface area contributed by atoms with Crippen LogP contribution in [0.25, 0.3) is 0 Å². The lowest BCUT2D eigenvalue weighted by atomic mass is 10.0. The average molecular weight is 430 g/mol. The summed E-state index contributed by atoms with van der Waals surface area (Å²) in [6, 6.07) is 6.27. The summed E-state index contributed by atoms with van der Waals surface area (Å²) in [5, 5.41) is 2.63. The van der Waals surface area contributed by atoms with Gasteiger partial charge in [0, 0.05) is 25.7 Å². The predicted octanol–water partition coefficient (Wildman–Crippen LogP) is 5.59. The zero-order valence-corrected chi connectivity index (χ0v) is 19.4. The van der Waals surface area contributed by atoms with E-state index in [0.717, 1.165) is 24.3 Å². The van der Waals surface area contributed by atoms with Gasteiger partial charge in [-0.15, -0.1) is 0 Å². The molecular formula is C24H32ClN3O2. The van der Waals surface area contributed by atoms with Crippen molar-refractivity contribution < 1.29 is 9.59 Å². The van der Waals surface area contributed by atoms with Crippen molar-refractivity contribution in [2.45, 2.75) is 60.3 Å². The number of halogens is 1. The molecule has 0 atom stereocenters. The van der Waals surface area contributed by atoms with E-state index in [2.05, 4.69) is 36.2 Å². The number of rotatable bonds is 9. The molecule has 2 rings (SSSR count). The van der Waals surface area contributed by atoms with Crippen LogP contribution < -0.4 is 10.2 Å². The van der Waals surface area contributed by atoms with Gasteiger partial charge in [-0.25, -0.2) is 4.99 Å². The van der Waals surface area contributed by atoms with E-state index in [4.69, 9.17) is 16.6 Å². The molecule has 162 valence electrons. The minimum atomic E-state index is -0.391. The van der Waals surface area contributed by atoms with Crippen LogP contribution in [0.2, 0.25) is 0 Å². The number of ketones is 1. The van der Waals surface area contributed by atoms with Crippen molar-refractivity contribution in [1.82, 2.24) is 5.32 Å². The highest BCUT2D eigenvalue weighted by molar-refractivity contribution is 6.49. The third-order valence-electron chi connectivity index (χ3n) is 5.10. The topological polar surface area (TPSA) is 61.8 Å². The lowest BCUT2D eigenvalue weighted by Gasteiger charge is -2.25. The summed E-state index contributed by atoms with van der Waals surface area (Å²) in [6.07, 6.45) is 6.26. The summed E-state index contributed by atoms with van der Waals surface area (Å²) in [5.41, 5.74) is 4.40. The number of carbonyl (C=O) groups is 2. The van der Waals surface area contributed by atoms with Gasteiger partial charge in [0.15, 0.2) is 0 Å². The number of carbonyl (C=O) groups excluding carboxylic acids is 2. The highest BCUT2D eigenvalue weighted by atomic mass is 35.5. The number of aryl methyl sites for hydroxylation is 1. The Kier molecular flexibility index (Phi) is 8.85. The minimum absolute atomic E-state index is 0.0829. The van der Waals surface area contributed by atoms with Crippen molar-refractivity contribution in [1.29, 1.82) is 0 Å². The zero-order valence-electron chi connectivity index (χ0n) is 18.6. The van der Waals surface area contributed by atoms with Crippen LogP contribution in [0, 0.1) is 6.92 Å². The Morgan fingerprint density at radius 1 is 1.13 bits per heavy atom. The van der Waals surface area contributed by atoms with Crippen LogP contribution in [0.4, 0.5) is 11.4 Å². The summed E-state index contributed by atoms with van der Waals surface area (Å²) in [5.74, 6) is -0.712. The lowest BCUT2D eigenvalue weighted by molar-refractivity contribution is -0.120. The number of amides is 1. The maximum absolute atomic E-state index is 12.3. The molecule has 6 heteroatoms. The number of Topliss-reactive ketones (excluding diaryl/α,β-unsaturated/α-hetero) is 1. The molecule has 0 spiro atoms. The van der Waals surface area contributed by atoms with Crippen LogP contribution >= 0.6 is 11.6 Å². The Hall–Kier alpha value is -2.40. The Balaban J connectivity index is 2.37. The number of anilines is 1. The Morgan fingerprint density at radius 2 is 1.77 bits per heavy atom. The number of nitrogens with one attached hydrogen (secondary N) is 1. The normalized spacial score (nSPS) is 15.5. The third kappa shape index (κ3) is 6.05. The molecular weight excluding hydrogens is 398 g/mol. The predicted molar refractivity (Wildman–Crippen MR) is 126 cm³/mol. The van der Waals surface area contributed by atoms with E-state index in [1.807, 2.05) is 13.0 Å². The van der Waals surface area contributed by atoms with Crippen molar-refractivity contribution in [2.24, 2.45) is 4.99 Å². The van der Waals surface area contributed by atoms with Crippen LogP contribution in [0.15, 0.2) is 45.6 Å². The maximum Gasteiger partial charge on any atom is 0.221 e. The first-order valence-corrected chi connectivity index (χ1v) is 11.0. The molecule has 1 aromatic carbocycles. The van der Waals surface area contributed by atoms with Gasteiger partial charge in [-0.3, -0.25) is 9.59 Å². The van der Waals surface area contributed by atoms with Crippen LogP contribution in [-0.2, 0) is 9.59 Å². The third-order valence-corrected chi connectivity index (χ3v) is 5.55. The number of nitrogens with zero attached hydrogens (tertiary/aromatic N) is 2. The number of allylic oxidation sites excluding steroid dienone is 3. The van der Waals surface area contributed by atoms with E-state index in [-0.39, 0.29) is 16.6 Å². The standard InChI is InChI=1S/C24H32ClN3O2/c1-6-8-12-28(13-9-7-2)19-10-11-20(16(3)14-19)27-21-15-22(26-18(5)29)24(30)23(25)17(21)4/h10-11,14-15H,6-9,12-13H2,1-5H3,(H,26,29)/b27-21+. The molecule has 0 fully saturated rings. The van der Waals surface area contributed by atoms with Crippen molar-refractivity contribution >= 4 is 40.4 Å². The van der Waals surface area contributed by atoms with E-state index in [1.165, 1.54) is 38.3 Å². The first-order chi connectivity index (χ1) is 14.3. The molecule has 1 amide bonds. The summed E-state index contributed by atoms with van der Waals surface area (Å²) >= 11 is 6.21. The molecule has 0 bridgehead atoms. The van der Waals surface area contributed by atoms with E-state index < -0.39 is 5.78 Å². The van der Waals surface area contributed by atoms with Crippen molar-refractivity contribution in [3.05, 3.63) is 46.1 Å². The molecule has 0 saturated heterocycles. The first kappa shape index (κ1) is 23.9. The molecule has 0 heterocycles. The summed E-state index contributed by atoms with van der Waals surface area (Å²) < 4.78 is 0. The quantitative estimate of drug-likeness (QED) is 0.520. The number of hydrogen-bond donors (Lipinski definition) is 1. The molecule has 0 saturated carbocycles. The van der Waals surface area contributed by atoms with Gasteiger partial charge in [0.2, 0.25) is 11.7 Å². The van der Waals surface area contributed by atoms with E-state index in [9.17, 15) is 9.59 Å². The van der Waals surface area contributed by atoms with Gasteiger partial charge in [0.25, 0.3) is 0 Å². The van der Waals surface area contributed by atoms with Crippen molar-refractivity contribution in [3.8, 4) is 0 Å². The van der Waals surface area contributed by atoms with E-state index >= 15 is 0 Å². The minimum Gasteiger partial charge on any atom is -0.372 e. The second kappa shape index (κ2) is 11.1. The van der Waals surface area contributed by atoms with Gasteiger partial charge in [-0.05, 0) is 62.1 Å². The van der Waals surface area contributed by atoms with Crippen LogP contribution in [0.5, 0.6) is 0 Å². The largest absolute Gasteiger partial charge is 0.372 e. The lowest BCUT2D eigenvalue weighted by Crippen LogP contribution is -2.29. The van der Waals surface area contributed by atoms with Gasteiger partial charge < -0.3 is 10.2 Å². The average Bonchev–Trinajstić information content (AvgIpc) is 2.71. The molecule has 5 nitrogen and oxygen atoms in total. The second-order valence-electron chi connectivity index (χ2n) is 7.67. The number of aliphatic imine (C=N–C) groups is 1. The fraction of sp³-hybridized carbons (Fsp3) is 0.458. The number of benzene rings is 1. The SMILES string of the molecule is CCCCN(CCCC)c1ccc(/N=C2\C=C(NC(C)=O)C(=O)C(Cl)=C2C)c(C)c1. The van der Waals surface area contributed by atoms with Crippen LogP contribution in [0.3, 0.4) is 0 Å². The van der Waals surface area contributed by atoms with Crippen LogP contribution in [-0.4, -0.2) is 30.5 Å². The van der Waals surface area contributed by atoms with Gasteiger partial charge in [-0.2, -0.15) is 0 Å². The van der Waals surface area contributed by atoms with Crippen molar-refractivity contribution in [2.75, 3.05) is 18.0 Å². The molecule has 1 aliphatic rings. The Morgan fingerprint density at radius 3 is 2.30 bits per heavy atom. The fourth-order valence-electron chi connectivity index (χ4n) is 3.27. The number of unbranched alkanes of at least 4 members (excludes halogenated alkanes) is 2. The molecule has 1 aliphatic carbocycles. The number of hydrogen-bond acceptors (Lipinski definition) is 4. The highest BCUT2D eigenvalue weighted by Gasteiger charge is 2.24. The van der Waals surface area contributed by atoms with Gasteiger partial charge in [-0.1, -0.05) is 38.3 Å². The molecule has 0 radical (unpaired) electrons. The summed E-state index contributed by atoms with van der Waals surface area (Å²) in [6.45, 7) is 11.7. The molecule has 1 N–H and O–H groups in total. The van der Waals surface area contributed by atoms with Gasteiger partial charge in [0.05, 0.1) is 22.1 Å². The van der Waals surface area contributed by atoms with E-state index in [0.29, 0.717) is 11.3 Å². The Bertz CT molecular complexity index is 892. The molecule has 30 heavy (non-hydrogen) atoms. The second-order valence-corrected chi connectivity index (χ2v) is 8.05. The van der Waals surface area contributed by atoms with Crippen LogP contribution in [0.1, 0.15) is 58.9 Å². The van der Waals surface area contributed by atoms with Gasteiger partial charge >= 0.3 is 0 Å². The molecule has 0 aromatic heterocycles. The first-order valence-electron chi connectivity index (χ1n) is 10.6. The summed E-state index contributed by atoms with van der Waals surface area (Å²) in [7, 11) is 0. The smallest absolute Gasteiger partial charge is 0.221 e. The zero-order chi connectivity index (χ0) is 22.3. The van der Waals surface area contributed by atoms with Gasteiger partial charge in [0.1, 0.15) is 0 Å². The maximum atomic E-state index is 12.3. The Labute approximate surface area is 184 Å². The molecule has 0 unspecified atom stereocenters. The van der Waals surface area contributed by atoms with Crippen molar-refractivity contribution in [3.63, 3.8) is 0 Å². The molecule has 1 aromatic rings.